The Morgan fingerprint density at radius 3 is 2.61 bits per heavy atom. The Labute approximate surface area is 167 Å². The molecule has 28 heavy (non-hydrogen) atoms. The van der Waals surface area contributed by atoms with Crippen LogP contribution in [-0.4, -0.2) is 43.4 Å². The predicted octanol–water partition coefficient (Wildman–Crippen LogP) is 2.91. The van der Waals surface area contributed by atoms with Crippen molar-refractivity contribution in [2.45, 2.75) is 38.8 Å². The standard InChI is InChI=1S/C23H29N3O2/c1-17-11-12-19(21(14-17)25(2)3)16-24-23(28)20-10-7-13-26(20)22(27)15-18-8-5-4-6-9-18/h4-6,8-9,11-12,14,20H,7,10,13,15-16H2,1-3H3,(H,24,28). The third-order valence-electron chi connectivity index (χ3n) is 5.25. The van der Waals surface area contributed by atoms with Gasteiger partial charge in [-0.25, -0.2) is 0 Å². The first kappa shape index (κ1) is 19.9. The monoisotopic (exact) mass is 379 g/mol. The molecule has 3 rings (SSSR count). The van der Waals surface area contributed by atoms with Gasteiger partial charge in [0.25, 0.3) is 0 Å². The van der Waals surface area contributed by atoms with Gasteiger partial charge in [0.15, 0.2) is 0 Å². The van der Waals surface area contributed by atoms with Crippen molar-refractivity contribution in [2.75, 3.05) is 25.5 Å². The molecule has 0 spiro atoms. The quantitative estimate of drug-likeness (QED) is 0.840. The Morgan fingerprint density at radius 1 is 1.14 bits per heavy atom. The first-order valence-corrected chi connectivity index (χ1v) is 9.83. The molecule has 2 amide bonds. The van der Waals surface area contributed by atoms with Gasteiger partial charge in [0.05, 0.1) is 6.42 Å². The van der Waals surface area contributed by atoms with Crippen LogP contribution >= 0.6 is 0 Å². The lowest BCUT2D eigenvalue weighted by atomic mass is 10.1. The van der Waals surface area contributed by atoms with Crippen molar-refractivity contribution in [1.29, 1.82) is 0 Å². The van der Waals surface area contributed by atoms with Crippen molar-refractivity contribution in [3.8, 4) is 0 Å². The van der Waals surface area contributed by atoms with E-state index in [9.17, 15) is 9.59 Å². The highest BCUT2D eigenvalue weighted by atomic mass is 16.2. The molecule has 1 N–H and O–H groups in total. The molecular weight excluding hydrogens is 350 g/mol. The lowest BCUT2D eigenvalue weighted by Gasteiger charge is -2.25. The highest BCUT2D eigenvalue weighted by Crippen LogP contribution is 2.22. The summed E-state index contributed by atoms with van der Waals surface area (Å²) >= 11 is 0. The minimum Gasteiger partial charge on any atom is -0.377 e. The Bertz CT molecular complexity index is 833. The number of aryl methyl sites for hydroxylation is 1. The van der Waals surface area contributed by atoms with Gasteiger partial charge in [0.2, 0.25) is 11.8 Å². The number of amides is 2. The molecule has 0 radical (unpaired) electrons. The normalized spacial score (nSPS) is 16.1. The molecule has 148 valence electrons. The van der Waals surface area contributed by atoms with Crippen LogP contribution in [0.3, 0.4) is 0 Å². The van der Waals surface area contributed by atoms with Crippen molar-refractivity contribution in [1.82, 2.24) is 10.2 Å². The third-order valence-corrected chi connectivity index (χ3v) is 5.25. The van der Waals surface area contributed by atoms with Gasteiger partial charge in [-0.15, -0.1) is 0 Å². The lowest BCUT2D eigenvalue weighted by Crippen LogP contribution is -2.46. The van der Waals surface area contributed by atoms with Crippen molar-refractivity contribution < 1.29 is 9.59 Å². The molecule has 1 aliphatic rings. The van der Waals surface area contributed by atoms with E-state index in [1.54, 1.807) is 4.90 Å². The van der Waals surface area contributed by atoms with Gasteiger partial charge in [-0.1, -0.05) is 42.5 Å². The molecular formula is C23H29N3O2. The summed E-state index contributed by atoms with van der Waals surface area (Å²) < 4.78 is 0. The van der Waals surface area contributed by atoms with Crippen LogP contribution in [0.4, 0.5) is 5.69 Å². The van der Waals surface area contributed by atoms with E-state index in [1.165, 1.54) is 5.56 Å². The minimum atomic E-state index is -0.371. The zero-order valence-electron chi connectivity index (χ0n) is 16.9. The average molecular weight is 380 g/mol. The van der Waals surface area contributed by atoms with Crippen LogP contribution in [0.15, 0.2) is 48.5 Å². The lowest BCUT2D eigenvalue weighted by molar-refractivity contribution is -0.138. The first-order chi connectivity index (χ1) is 13.5. The Kier molecular flexibility index (Phi) is 6.34. The topological polar surface area (TPSA) is 52.7 Å². The molecule has 5 heteroatoms. The Hall–Kier alpha value is -2.82. The van der Waals surface area contributed by atoms with E-state index in [4.69, 9.17) is 0 Å². The van der Waals surface area contributed by atoms with Gasteiger partial charge in [-0.05, 0) is 42.5 Å². The van der Waals surface area contributed by atoms with Crippen LogP contribution in [-0.2, 0) is 22.6 Å². The van der Waals surface area contributed by atoms with Crippen molar-refractivity contribution in [3.05, 3.63) is 65.2 Å². The fourth-order valence-corrected chi connectivity index (χ4v) is 3.75. The van der Waals surface area contributed by atoms with Crippen molar-refractivity contribution in [2.24, 2.45) is 0 Å². The Balaban J connectivity index is 1.63. The van der Waals surface area contributed by atoms with Crippen LogP contribution in [0.5, 0.6) is 0 Å². The van der Waals surface area contributed by atoms with Crippen molar-refractivity contribution >= 4 is 17.5 Å². The van der Waals surface area contributed by atoms with Crippen LogP contribution < -0.4 is 10.2 Å². The zero-order chi connectivity index (χ0) is 20.1. The summed E-state index contributed by atoms with van der Waals surface area (Å²) in [7, 11) is 4.00. The molecule has 2 aromatic rings. The fourth-order valence-electron chi connectivity index (χ4n) is 3.75. The number of carbonyl (C=O) groups is 2. The summed E-state index contributed by atoms with van der Waals surface area (Å²) in [6, 6.07) is 15.6. The second kappa shape index (κ2) is 8.91. The smallest absolute Gasteiger partial charge is 0.243 e. The largest absolute Gasteiger partial charge is 0.377 e. The SMILES string of the molecule is Cc1ccc(CNC(=O)C2CCCN2C(=O)Cc2ccccc2)c(N(C)C)c1. The third kappa shape index (κ3) is 4.71. The van der Waals surface area contributed by atoms with E-state index in [0.29, 0.717) is 19.5 Å². The maximum Gasteiger partial charge on any atom is 0.243 e. The van der Waals surface area contributed by atoms with Gasteiger partial charge in [-0.2, -0.15) is 0 Å². The molecule has 2 aromatic carbocycles. The molecule has 0 saturated carbocycles. The van der Waals surface area contributed by atoms with Crippen LogP contribution in [0.1, 0.15) is 29.5 Å². The van der Waals surface area contributed by atoms with Gasteiger partial charge in [0.1, 0.15) is 6.04 Å². The fraction of sp³-hybridized carbons (Fsp3) is 0.391. The van der Waals surface area contributed by atoms with Gasteiger partial charge in [-0.3, -0.25) is 9.59 Å². The van der Waals surface area contributed by atoms with Crippen LogP contribution in [0.25, 0.3) is 0 Å². The molecule has 1 fully saturated rings. The van der Waals surface area contributed by atoms with Gasteiger partial charge in [0, 0.05) is 32.9 Å². The molecule has 0 aliphatic carbocycles. The number of nitrogens with one attached hydrogen (secondary N) is 1. The molecule has 1 saturated heterocycles. The highest BCUT2D eigenvalue weighted by Gasteiger charge is 2.33. The first-order valence-electron chi connectivity index (χ1n) is 9.83. The molecule has 0 bridgehead atoms. The molecule has 1 atom stereocenters. The number of anilines is 1. The van der Waals surface area contributed by atoms with E-state index in [0.717, 1.165) is 29.7 Å². The molecule has 5 nitrogen and oxygen atoms in total. The summed E-state index contributed by atoms with van der Waals surface area (Å²) in [5, 5.41) is 3.04. The zero-order valence-corrected chi connectivity index (χ0v) is 16.9. The van der Waals surface area contributed by atoms with E-state index in [-0.39, 0.29) is 17.9 Å². The highest BCUT2D eigenvalue weighted by molar-refractivity contribution is 5.89. The number of carbonyl (C=O) groups excluding carboxylic acids is 2. The molecule has 1 heterocycles. The van der Waals surface area contributed by atoms with Gasteiger partial charge >= 0.3 is 0 Å². The summed E-state index contributed by atoms with van der Waals surface area (Å²) in [4.78, 5) is 29.3. The number of hydrogen-bond donors (Lipinski definition) is 1. The maximum absolute atomic E-state index is 12.8. The molecule has 1 unspecified atom stereocenters. The van der Waals surface area contributed by atoms with Gasteiger partial charge < -0.3 is 15.1 Å². The van der Waals surface area contributed by atoms with E-state index in [1.807, 2.05) is 44.4 Å². The summed E-state index contributed by atoms with van der Waals surface area (Å²) in [5.74, 6) is -0.0441. The Morgan fingerprint density at radius 2 is 1.89 bits per heavy atom. The number of benzene rings is 2. The molecule has 0 aromatic heterocycles. The van der Waals surface area contributed by atoms with E-state index in [2.05, 4.69) is 35.3 Å². The second-order valence-corrected chi connectivity index (χ2v) is 7.65. The summed E-state index contributed by atoms with van der Waals surface area (Å²) in [5.41, 5.74) is 4.34. The summed E-state index contributed by atoms with van der Waals surface area (Å²) in [6.07, 6.45) is 1.93. The summed E-state index contributed by atoms with van der Waals surface area (Å²) in [6.45, 7) is 3.17. The van der Waals surface area contributed by atoms with E-state index >= 15 is 0 Å². The number of hydrogen-bond acceptors (Lipinski definition) is 3. The minimum absolute atomic E-state index is 0.0215. The van der Waals surface area contributed by atoms with E-state index < -0.39 is 0 Å². The predicted molar refractivity (Wildman–Crippen MR) is 112 cm³/mol. The second-order valence-electron chi connectivity index (χ2n) is 7.65. The molecule has 1 aliphatic heterocycles. The van der Waals surface area contributed by atoms with Crippen LogP contribution in [0, 0.1) is 6.92 Å². The number of nitrogens with zero attached hydrogens (tertiary/aromatic N) is 2. The van der Waals surface area contributed by atoms with Crippen LogP contribution in [0.2, 0.25) is 0 Å². The maximum atomic E-state index is 12.8. The number of likely N-dealkylation sites (tertiary alicyclic amines) is 1. The van der Waals surface area contributed by atoms with Crippen molar-refractivity contribution in [3.63, 3.8) is 0 Å². The average Bonchev–Trinajstić information content (AvgIpc) is 3.17. The number of rotatable bonds is 6.